The molecular formula is C24H26N4O5S. The molecule has 0 saturated heterocycles. The lowest BCUT2D eigenvalue weighted by Gasteiger charge is -2.13. The molecule has 9 nitrogen and oxygen atoms in total. The summed E-state index contributed by atoms with van der Waals surface area (Å²) in [5, 5.41) is 9.23. The minimum absolute atomic E-state index is 0.0516. The van der Waals surface area contributed by atoms with E-state index in [0.29, 0.717) is 34.6 Å². The highest BCUT2D eigenvalue weighted by Gasteiger charge is 2.18. The van der Waals surface area contributed by atoms with E-state index in [1.165, 1.54) is 17.7 Å². The molecule has 1 aromatic carbocycles. The summed E-state index contributed by atoms with van der Waals surface area (Å²) in [6.45, 7) is 3.62. The molecule has 0 unspecified atom stereocenters. The maximum Gasteiger partial charge on any atom is 0.322 e. The Kier molecular flexibility index (Phi) is 7.68. The molecule has 0 fully saturated rings. The van der Waals surface area contributed by atoms with Crippen molar-refractivity contribution in [2.24, 2.45) is 7.05 Å². The zero-order valence-electron chi connectivity index (χ0n) is 19.5. The highest BCUT2D eigenvalue weighted by atomic mass is 32.2. The highest BCUT2D eigenvalue weighted by Crippen LogP contribution is 2.32. The average Bonchev–Trinajstić information content (AvgIpc) is 2.80. The number of nitrogens with zero attached hydrogens (tertiary/aromatic N) is 4. The molecule has 0 radical (unpaired) electrons. The molecule has 0 spiro atoms. The molecule has 0 aliphatic rings. The van der Waals surface area contributed by atoms with Gasteiger partial charge < -0.3 is 14.0 Å². The number of ether oxygens (including phenoxy) is 2. The van der Waals surface area contributed by atoms with E-state index in [2.05, 4.69) is 9.97 Å². The van der Waals surface area contributed by atoms with Crippen LogP contribution in [-0.2, 0) is 22.6 Å². The van der Waals surface area contributed by atoms with Gasteiger partial charge in [-0.25, -0.2) is 8.42 Å². The van der Waals surface area contributed by atoms with Gasteiger partial charge in [0.1, 0.15) is 0 Å². The fraction of sp³-hybridized carbons (Fsp3) is 0.333. The zero-order valence-corrected chi connectivity index (χ0v) is 20.3. The van der Waals surface area contributed by atoms with Gasteiger partial charge in [-0.1, -0.05) is 13.3 Å². The van der Waals surface area contributed by atoms with Gasteiger partial charge in [-0.2, -0.15) is 15.2 Å². The van der Waals surface area contributed by atoms with Crippen LogP contribution in [-0.4, -0.2) is 35.8 Å². The number of benzene rings is 1. The van der Waals surface area contributed by atoms with Crippen LogP contribution in [0.5, 0.6) is 17.5 Å². The molecule has 178 valence electrons. The van der Waals surface area contributed by atoms with E-state index >= 15 is 0 Å². The third-order valence-electron chi connectivity index (χ3n) is 5.09. The lowest BCUT2D eigenvalue weighted by molar-refractivity contribution is 0.367. The third-order valence-corrected chi connectivity index (χ3v) is 6.73. The fourth-order valence-corrected chi connectivity index (χ4v) is 4.82. The van der Waals surface area contributed by atoms with Gasteiger partial charge in [0.25, 0.3) is 5.56 Å². The summed E-state index contributed by atoms with van der Waals surface area (Å²) in [5.74, 6) is 0.354. The van der Waals surface area contributed by atoms with Gasteiger partial charge in [0.15, 0.2) is 21.3 Å². The van der Waals surface area contributed by atoms with E-state index in [-0.39, 0.29) is 34.5 Å². The minimum Gasteiger partial charge on any atom is -0.493 e. The van der Waals surface area contributed by atoms with Crippen LogP contribution in [0.25, 0.3) is 11.3 Å². The summed E-state index contributed by atoms with van der Waals surface area (Å²) in [7, 11) is -0.307. The summed E-state index contributed by atoms with van der Waals surface area (Å²) in [4.78, 5) is 20.9. The fourth-order valence-electron chi connectivity index (χ4n) is 3.34. The van der Waals surface area contributed by atoms with Gasteiger partial charge in [0.2, 0.25) is 0 Å². The maximum absolute atomic E-state index is 12.6. The van der Waals surface area contributed by atoms with Crippen LogP contribution in [0.1, 0.15) is 36.6 Å². The molecule has 0 aliphatic carbocycles. The van der Waals surface area contributed by atoms with E-state index in [0.717, 1.165) is 6.42 Å². The Morgan fingerprint density at radius 3 is 2.56 bits per heavy atom. The number of hydrogen-bond acceptors (Lipinski definition) is 8. The van der Waals surface area contributed by atoms with Crippen LogP contribution in [0.4, 0.5) is 0 Å². The first-order chi connectivity index (χ1) is 16.2. The van der Waals surface area contributed by atoms with Crippen molar-refractivity contribution in [2.75, 3.05) is 12.9 Å². The van der Waals surface area contributed by atoms with Crippen LogP contribution in [0.3, 0.4) is 0 Å². The number of unbranched alkanes of at least 4 members (excludes halogenated alkanes) is 1. The highest BCUT2D eigenvalue weighted by molar-refractivity contribution is 7.90. The Hall–Kier alpha value is -3.71. The summed E-state index contributed by atoms with van der Waals surface area (Å²) in [5.41, 5.74) is 1.99. The number of methoxy groups -OCH3 is 1. The van der Waals surface area contributed by atoms with E-state index in [1.807, 2.05) is 13.0 Å². The largest absolute Gasteiger partial charge is 0.493 e. The molecule has 0 aliphatic heterocycles. The normalized spacial score (nSPS) is 11.1. The first kappa shape index (κ1) is 24.9. The number of hydrogen-bond donors (Lipinski definition) is 0. The van der Waals surface area contributed by atoms with Crippen molar-refractivity contribution in [3.05, 3.63) is 63.7 Å². The monoisotopic (exact) mass is 482 g/mol. The maximum atomic E-state index is 12.6. The summed E-state index contributed by atoms with van der Waals surface area (Å²) in [6.07, 6.45) is 2.93. The second kappa shape index (κ2) is 10.5. The number of aromatic nitrogens is 3. The van der Waals surface area contributed by atoms with Crippen molar-refractivity contribution in [3.63, 3.8) is 0 Å². The standard InChI is InChI=1S/C24H26N4O5S/c1-5-6-9-34(30,31)15-19-12-20(18-10-16(2)23(29)28(3)14-18)27-24(26-19)33-22-11-17(13-25)7-8-21(22)32-4/h7-8,10-12,14H,5-6,9,15H2,1-4H3. The Labute approximate surface area is 198 Å². The molecule has 0 amide bonds. The van der Waals surface area contributed by atoms with Crippen LogP contribution in [0.2, 0.25) is 0 Å². The molecule has 2 aromatic heterocycles. The Balaban J connectivity index is 2.12. The van der Waals surface area contributed by atoms with Crippen molar-refractivity contribution in [3.8, 4) is 34.8 Å². The topological polar surface area (TPSA) is 124 Å². The summed E-state index contributed by atoms with van der Waals surface area (Å²) < 4.78 is 37.8. The second-order valence-electron chi connectivity index (χ2n) is 7.88. The minimum atomic E-state index is -3.40. The molecule has 0 N–H and O–H groups in total. The van der Waals surface area contributed by atoms with Crippen LogP contribution in [0, 0.1) is 18.3 Å². The van der Waals surface area contributed by atoms with Crippen molar-refractivity contribution in [2.45, 2.75) is 32.4 Å². The summed E-state index contributed by atoms with van der Waals surface area (Å²) >= 11 is 0. The van der Waals surface area contributed by atoms with Gasteiger partial charge >= 0.3 is 6.01 Å². The molecule has 0 bridgehead atoms. The summed E-state index contributed by atoms with van der Waals surface area (Å²) in [6, 6.07) is 9.86. The van der Waals surface area contributed by atoms with Crippen molar-refractivity contribution >= 4 is 9.84 Å². The molecule has 2 heterocycles. The van der Waals surface area contributed by atoms with Gasteiger partial charge in [-0.05, 0) is 37.6 Å². The predicted octanol–water partition coefficient (Wildman–Crippen LogP) is 3.54. The van der Waals surface area contributed by atoms with Gasteiger partial charge in [-0.15, -0.1) is 0 Å². The molecule has 0 atom stereocenters. The van der Waals surface area contributed by atoms with E-state index in [9.17, 15) is 18.5 Å². The number of sulfone groups is 1. The molecule has 3 aromatic rings. The number of pyridine rings is 1. The van der Waals surface area contributed by atoms with Crippen molar-refractivity contribution in [1.29, 1.82) is 5.26 Å². The number of aryl methyl sites for hydroxylation is 2. The van der Waals surface area contributed by atoms with E-state index in [4.69, 9.17) is 9.47 Å². The molecular weight excluding hydrogens is 456 g/mol. The van der Waals surface area contributed by atoms with E-state index < -0.39 is 9.84 Å². The third kappa shape index (κ3) is 5.99. The Morgan fingerprint density at radius 2 is 1.91 bits per heavy atom. The second-order valence-corrected chi connectivity index (χ2v) is 10.1. The zero-order chi connectivity index (χ0) is 24.9. The first-order valence-corrected chi connectivity index (χ1v) is 12.5. The SMILES string of the molecule is CCCCS(=O)(=O)Cc1cc(-c2cc(C)c(=O)n(C)c2)nc(Oc2cc(C#N)ccc2OC)n1. The Morgan fingerprint density at radius 1 is 1.15 bits per heavy atom. The van der Waals surface area contributed by atoms with Crippen LogP contribution < -0.4 is 15.0 Å². The van der Waals surface area contributed by atoms with Gasteiger partial charge in [-0.3, -0.25) is 4.79 Å². The van der Waals surface area contributed by atoms with E-state index in [1.54, 1.807) is 44.4 Å². The molecule has 3 rings (SSSR count). The van der Waals surface area contributed by atoms with Crippen LogP contribution in [0.15, 0.2) is 41.3 Å². The lowest BCUT2D eigenvalue weighted by atomic mass is 10.1. The predicted molar refractivity (Wildman–Crippen MR) is 128 cm³/mol. The molecule has 34 heavy (non-hydrogen) atoms. The van der Waals surface area contributed by atoms with Gasteiger partial charge in [0.05, 0.1) is 41.6 Å². The smallest absolute Gasteiger partial charge is 0.322 e. The van der Waals surface area contributed by atoms with Gasteiger partial charge in [0, 0.05) is 30.4 Å². The van der Waals surface area contributed by atoms with Crippen molar-refractivity contribution in [1.82, 2.24) is 14.5 Å². The first-order valence-electron chi connectivity index (χ1n) is 10.7. The number of rotatable bonds is 9. The molecule has 10 heteroatoms. The average molecular weight is 483 g/mol. The van der Waals surface area contributed by atoms with Crippen molar-refractivity contribution < 1.29 is 17.9 Å². The quantitative estimate of drug-likeness (QED) is 0.454. The lowest BCUT2D eigenvalue weighted by Crippen LogP contribution is -2.18. The molecule has 0 saturated carbocycles. The van der Waals surface area contributed by atoms with Crippen LogP contribution >= 0.6 is 0 Å². The number of nitriles is 1. The Bertz CT molecular complexity index is 1380.